The van der Waals surface area contributed by atoms with Gasteiger partial charge in [-0.05, 0) is 19.1 Å². The summed E-state index contributed by atoms with van der Waals surface area (Å²) in [6, 6.07) is 11.8. The molecule has 8 nitrogen and oxygen atoms in total. The Hall–Kier alpha value is -3.12. The van der Waals surface area contributed by atoms with Gasteiger partial charge >= 0.3 is 0 Å². The fourth-order valence-electron chi connectivity index (χ4n) is 2.56. The lowest BCUT2D eigenvalue weighted by Crippen LogP contribution is -2.26. The van der Waals surface area contributed by atoms with E-state index in [0.29, 0.717) is 28.4 Å². The van der Waals surface area contributed by atoms with Crippen molar-refractivity contribution in [3.05, 3.63) is 41.6 Å². The number of aromatic nitrogens is 4. The summed E-state index contributed by atoms with van der Waals surface area (Å²) in [5, 5.41) is 23.8. The molecule has 0 fully saturated rings. The van der Waals surface area contributed by atoms with E-state index in [0.717, 1.165) is 11.3 Å². The van der Waals surface area contributed by atoms with Crippen molar-refractivity contribution in [2.45, 2.75) is 12.1 Å². The molecule has 0 saturated heterocycles. The molecule has 4 rings (SSSR count). The molecule has 0 radical (unpaired) electrons. The molecule has 3 heterocycles. The van der Waals surface area contributed by atoms with E-state index < -0.39 is 0 Å². The number of nitrogens with zero attached hydrogens (tertiary/aromatic N) is 7. The number of hydrogen-bond acceptors (Lipinski definition) is 8. The third kappa shape index (κ3) is 2.56. The van der Waals surface area contributed by atoms with Crippen LogP contribution in [0.1, 0.15) is 11.3 Å². The Morgan fingerprint density at radius 2 is 2.04 bits per heavy atom. The summed E-state index contributed by atoms with van der Waals surface area (Å²) in [7, 11) is 1.81. The second-order valence-corrected chi connectivity index (χ2v) is 6.25. The fourth-order valence-corrected chi connectivity index (χ4v) is 3.20. The number of ether oxygens (including phenoxy) is 1. The Bertz CT molecular complexity index is 1020. The van der Waals surface area contributed by atoms with Gasteiger partial charge in [-0.3, -0.25) is 4.40 Å². The summed E-state index contributed by atoms with van der Waals surface area (Å²) in [6.45, 7) is 1.91. The van der Waals surface area contributed by atoms with Gasteiger partial charge in [0.1, 0.15) is 0 Å². The van der Waals surface area contributed by atoms with E-state index in [2.05, 4.69) is 26.4 Å². The minimum Gasteiger partial charge on any atom is -0.431 e. The van der Waals surface area contributed by atoms with Crippen molar-refractivity contribution in [3.63, 3.8) is 0 Å². The van der Waals surface area contributed by atoms with E-state index >= 15 is 0 Å². The average molecular weight is 351 g/mol. The molecule has 9 heteroatoms. The number of anilines is 1. The monoisotopic (exact) mass is 351 g/mol. The zero-order valence-corrected chi connectivity index (χ0v) is 14.4. The Morgan fingerprint density at radius 3 is 2.80 bits per heavy atom. The molecule has 0 spiro atoms. The quantitative estimate of drug-likeness (QED) is 0.668. The molecule has 3 aromatic rings. The van der Waals surface area contributed by atoms with Crippen LogP contribution in [-0.4, -0.2) is 38.3 Å². The topological polar surface area (TPSA) is 91.7 Å². The first kappa shape index (κ1) is 15.4. The van der Waals surface area contributed by atoms with Crippen LogP contribution in [0.4, 0.5) is 5.82 Å². The number of hydrogen-bond donors (Lipinski definition) is 0. The van der Waals surface area contributed by atoms with Crippen LogP contribution >= 0.6 is 11.8 Å². The molecular weight excluding hydrogens is 338 g/mol. The fraction of sp³-hybridized carbons (Fsp3) is 0.188. The normalized spacial score (nSPS) is 13.2. The standard InChI is InChI=1S/C16H13N7OS/c1-10-12-13(18-15-19-20-16(23(10)15)25-9-8-17)22(2)21-14(24-12)11-6-4-3-5-7-11/h3-7H,9H2,1-2H3. The predicted molar refractivity (Wildman–Crippen MR) is 93.9 cm³/mol. The van der Waals surface area contributed by atoms with Gasteiger partial charge in [-0.25, -0.2) is 5.01 Å². The summed E-state index contributed by atoms with van der Waals surface area (Å²) in [5.41, 5.74) is 1.68. The largest absolute Gasteiger partial charge is 0.431 e. The highest BCUT2D eigenvalue weighted by Crippen LogP contribution is 2.35. The first-order valence-corrected chi connectivity index (χ1v) is 8.48. The third-order valence-corrected chi connectivity index (χ3v) is 4.52. The van der Waals surface area contributed by atoms with Gasteiger partial charge in [-0.15, -0.1) is 15.3 Å². The lowest BCUT2D eigenvalue weighted by Gasteiger charge is -2.25. The minimum atomic E-state index is 0.287. The maximum Gasteiger partial charge on any atom is 0.258 e. The van der Waals surface area contributed by atoms with Gasteiger partial charge in [-0.2, -0.15) is 10.2 Å². The molecule has 0 amide bonds. The van der Waals surface area contributed by atoms with Crippen molar-refractivity contribution in [2.24, 2.45) is 5.10 Å². The van der Waals surface area contributed by atoms with Crippen LogP contribution in [0, 0.1) is 18.3 Å². The Kier molecular flexibility index (Phi) is 3.74. The lowest BCUT2D eigenvalue weighted by atomic mass is 10.2. The number of thioether (sulfide) groups is 1. The van der Waals surface area contributed by atoms with Crippen molar-refractivity contribution in [1.29, 1.82) is 5.26 Å². The van der Waals surface area contributed by atoms with Crippen molar-refractivity contribution in [2.75, 3.05) is 17.8 Å². The number of hydrazone groups is 1. The maximum absolute atomic E-state index is 8.80. The van der Waals surface area contributed by atoms with Gasteiger partial charge in [0, 0.05) is 12.6 Å². The summed E-state index contributed by atoms with van der Waals surface area (Å²) in [5.74, 6) is 2.41. The van der Waals surface area contributed by atoms with Crippen LogP contribution in [0.15, 0.2) is 40.6 Å². The van der Waals surface area contributed by atoms with Gasteiger partial charge < -0.3 is 4.74 Å². The number of aryl methyl sites for hydroxylation is 1. The van der Waals surface area contributed by atoms with Crippen LogP contribution < -0.4 is 9.75 Å². The van der Waals surface area contributed by atoms with Crippen LogP contribution in [0.2, 0.25) is 0 Å². The van der Waals surface area contributed by atoms with Gasteiger partial charge in [0.2, 0.25) is 5.90 Å². The molecule has 25 heavy (non-hydrogen) atoms. The van der Waals surface area contributed by atoms with Crippen LogP contribution in [0.25, 0.3) is 5.78 Å². The highest BCUT2D eigenvalue weighted by atomic mass is 32.2. The molecule has 0 unspecified atom stereocenters. The first-order valence-electron chi connectivity index (χ1n) is 7.50. The second kappa shape index (κ2) is 6.07. The molecule has 1 aromatic carbocycles. The Labute approximate surface area is 147 Å². The molecule has 1 aliphatic heterocycles. The smallest absolute Gasteiger partial charge is 0.258 e. The van der Waals surface area contributed by atoms with Gasteiger partial charge in [0.15, 0.2) is 16.7 Å². The molecule has 0 aliphatic carbocycles. The number of rotatable bonds is 3. The summed E-state index contributed by atoms with van der Waals surface area (Å²) >= 11 is 1.31. The highest BCUT2D eigenvalue weighted by molar-refractivity contribution is 7.99. The van der Waals surface area contributed by atoms with Crippen molar-refractivity contribution < 1.29 is 4.74 Å². The van der Waals surface area contributed by atoms with Crippen LogP contribution in [-0.2, 0) is 0 Å². The molecule has 1 aliphatic rings. The van der Waals surface area contributed by atoms with Gasteiger partial charge in [0.25, 0.3) is 5.78 Å². The third-order valence-electron chi connectivity index (χ3n) is 3.72. The highest BCUT2D eigenvalue weighted by Gasteiger charge is 2.26. The molecule has 2 aromatic heterocycles. The van der Waals surface area contributed by atoms with Crippen molar-refractivity contribution in [3.8, 4) is 11.8 Å². The summed E-state index contributed by atoms with van der Waals surface area (Å²) in [4.78, 5) is 4.50. The SMILES string of the molecule is Cc1c2c(nc3nnc(SCC#N)n13)N(C)N=C(c1ccccc1)O2. The van der Waals surface area contributed by atoms with Gasteiger partial charge in [-0.1, -0.05) is 30.0 Å². The molecule has 0 bridgehead atoms. The van der Waals surface area contributed by atoms with E-state index in [1.165, 1.54) is 11.8 Å². The molecule has 0 saturated carbocycles. The van der Waals surface area contributed by atoms with Crippen molar-refractivity contribution in [1.82, 2.24) is 19.6 Å². The minimum absolute atomic E-state index is 0.287. The van der Waals surface area contributed by atoms with Crippen LogP contribution in [0.5, 0.6) is 5.75 Å². The number of fused-ring (bicyclic) bond motifs is 2. The summed E-state index contributed by atoms with van der Waals surface area (Å²) < 4.78 is 7.85. The van der Waals surface area contributed by atoms with E-state index in [1.54, 1.807) is 9.41 Å². The van der Waals surface area contributed by atoms with E-state index in [-0.39, 0.29) is 5.75 Å². The second-order valence-electron chi connectivity index (χ2n) is 5.31. The number of benzene rings is 1. The zero-order valence-electron chi connectivity index (χ0n) is 13.5. The Balaban J connectivity index is 1.83. The molecule has 0 atom stereocenters. The zero-order chi connectivity index (χ0) is 17.4. The lowest BCUT2D eigenvalue weighted by molar-refractivity contribution is 0.516. The number of nitriles is 1. The average Bonchev–Trinajstić information content (AvgIpc) is 3.05. The van der Waals surface area contributed by atoms with Crippen molar-refractivity contribution >= 4 is 29.3 Å². The first-order chi connectivity index (χ1) is 12.2. The molecular formula is C16H13N7OS. The van der Waals surface area contributed by atoms with E-state index in [9.17, 15) is 0 Å². The molecule has 0 N–H and O–H groups in total. The predicted octanol–water partition coefficient (Wildman–Crippen LogP) is 2.24. The molecule has 124 valence electrons. The van der Waals surface area contributed by atoms with E-state index in [4.69, 9.17) is 10.00 Å². The van der Waals surface area contributed by atoms with Crippen LogP contribution in [0.3, 0.4) is 0 Å². The summed E-state index contributed by atoms with van der Waals surface area (Å²) in [6.07, 6.45) is 0. The maximum atomic E-state index is 8.80. The van der Waals surface area contributed by atoms with Gasteiger partial charge in [0.05, 0.1) is 17.5 Å². The van der Waals surface area contributed by atoms with E-state index in [1.807, 2.05) is 44.3 Å². The Morgan fingerprint density at radius 1 is 1.24 bits per heavy atom.